The van der Waals surface area contributed by atoms with E-state index in [1.807, 2.05) is 0 Å². The molecule has 0 radical (unpaired) electrons. The molecule has 1 fully saturated rings. The summed E-state index contributed by atoms with van der Waals surface area (Å²) >= 11 is 0.208. The van der Waals surface area contributed by atoms with Crippen molar-refractivity contribution in [1.29, 1.82) is 0 Å². The first-order chi connectivity index (χ1) is 9.58. The van der Waals surface area contributed by atoms with Crippen LogP contribution < -0.4 is 0 Å². The third-order valence-electron chi connectivity index (χ3n) is 5.57. The van der Waals surface area contributed by atoms with Crippen molar-refractivity contribution in [3.63, 3.8) is 0 Å². The minimum absolute atomic E-state index is 0.0741. The van der Waals surface area contributed by atoms with Crippen molar-refractivity contribution in [3.05, 3.63) is 0 Å². The zero-order chi connectivity index (χ0) is 17.6. The second-order valence-electron chi connectivity index (χ2n) is 9.48. The van der Waals surface area contributed by atoms with Gasteiger partial charge >= 0.3 is 146 Å². The number of hydrogen-bond donors (Lipinski definition) is 1. The van der Waals surface area contributed by atoms with Crippen LogP contribution in [-0.2, 0) is 8.85 Å². The number of aliphatic hydroxyl groups is 1. The van der Waals surface area contributed by atoms with Crippen molar-refractivity contribution in [1.82, 2.24) is 0 Å². The number of rotatable bonds is 4. The van der Waals surface area contributed by atoms with E-state index >= 15 is 0 Å². The summed E-state index contributed by atoms with van der Waals surface area (Å²) in [5, 5.41) is 11.4. The van der Waals surface area contributed by atoms with Crippen molar-refractivity contribution < 1.29 is 14.0 Å². The van der Waals surface area contributed by atoms with Gasteiger partial charge in [0, 0.05) is 0 Å². The van der Waals surface area contributed by atoms with E-state index < -0.39 is 16.6 Å². The maximum atomic E-state index is 10.4. The number of aliphatic hydroxyl groups excluding tert-OH is 1. The molecule has 0 aromatic carbocycles. The fraction of sp³-hybridized carbons (Fsp3) is 1.00. The Balaban J connectivity index is 2.89. The molecule has 6 heteroatoms. The predicted molar refractivity (Wildman–Crippen MR) is 101 cm³/mol. The summed E-state index contributed by atoms with van der Waals surface area (Å²) in [6.07, 6.45) is -0.0555. The molecule has 1 aliphatic heterocycles. The molecule has 132 valence electrons. The van der Waals surface area contributed by atoms with Gasteiger partial charge in [-0.1, -0.05) is 0 Å². The van der Waals surface area contributed by atoms with Gasteiger partial charge in [0.2, 0.25) is 0 Å². The molecule has 22 heavy (non-hydrogen) atoms. The Hall–Kier alpha value is 0.833. The fourth-order valence-electron chi connectivity index (χ4n) is 1.87. The van der Waals surface area contributed by atoms with Gasteiger partial charge in [-0.15, -0.1) is 0 Å². The van der Waals surface area contributed by atoms with E-state index in [1.165, 1.54) is 0 Å². The van der Waals surface area contributed by atoms with E-state index in [2.05, 4.69) is 67.7 Å². The van der Waals surface area contributed by atoms with Crippen LogP contribution in [0.3, 0.4) is 0 Å². The molecule has 1 N–H and O–H groups in total. The van der Waals surface area contributed by atoms with Gasteiger partial charge in [-0.05, 0) is 0 Å². The van der Waals surface area contributed by atoms with Crippen molar-refractivity contribution in [2.45, 2.75) is 100 Å². The topological polar surface area (TPSA) is 38.7 Å². The zero-order valence-corrected chi connectivity index (χ0v) is 19.8. The van der Waals surface area contributed by atoms with Gasteiger partial charge in [0.25, 0.3) is 0 Å². The Labute approximate surface area is 146 Å². The molecular formula is C16H36O3SeSi2. The SMILES string of the molecule is CC(C)(C)[Si](C)(C)O[C@H]1C[Se]C(O)[C@@H]1O[Si](C)(C)C(C)(C)C. The van der Waals surface area contributed by atoms with E-state index in [0.717, 1.165) is 5.32 Å². The van der Waals surface area contributed by atoms with Crippen molar-refractivity contribution in [2.75, 3.05) is 0 Å². The summed E-state index contributed by atoms with van der Waals surface area (Å²) in [6, 6.07) is 0. The van der Waals surface area contributed by atoms with E-state index in [0.29, 0.717) is 0 Å². The van der Waals surface area contributed by atoms with Crippen LogP contribution in [0, 0.1) is 0 Å². The van der Waals surface area contributed by atoms with Gasteiger partial charge in [-0.25, -0.2) is 0 Å². The molecule has 0 bridgehead atoms. The van der Waals surface area contributed by atoms with Gasteiger partial charge < -0.3 is 0 Å². The van der Waals surface area contributed by atoms with Crippen LogP contribution in [-0.4, -0.2) is 53.9 Å². The molecule has 3 nitrogen and oxygen atoms in total. The summed E-state index contributed by atoms with van der Waals surface area (Å²) in [5.41, 5.74) is 0. The molecule has 0 aliphatic carbocycles. The normalized spacial score (nSPS) is 28.2. The molecule has 1 unspecified atom stereocenters. The van der Waals surface area contributed by atoms with E-state index in [-0.39, 0.29) is 42.2 Å². The van der Waals surface area contributed by atoms with Crippen LogP contribution in [0.5, 0.6) is 0 Å². The maximum absolute atomic E-state index is 10.4. The van der Waals surface area contributed by atoms with E-state index in [4.69, 9.17) is 8.85 Å². The Morgan fingerprint density at radius 3 is 1.68 bits per heavy atom. The van der Waals surface area contributed by atoms with Crippen molar-refractivity contribution in [3.8, 4) is 0 Å². The quantitative estimate of drug-likeness (QED) is 0.704. The van der Waals surface area contributed by atoms with Crippen LogP contribution in [0.25, 0.3) is 0 Å². The molecule has 0 saturated carbocycles. The van der Waals surface area contributed by atoms with Crippen LogP contribution in [0.1, 0.15) is 41.5 Å². The predicted octanol–water partition coefficient (Wildman–Crippen LogP) is 4.22. The van der Waals surface area contributed by atoms with Crippen LogP contribution >= 0.6 is 0 Å². The van der Waals surface area contributed by atoms with Gasteiger partial charge in [0.15, 0.2) is 0 Å². The molecule has 1 aliphatic rings. The molecule has 1 heterocycles. The van der Waals surface area contributed by atoms with Gasteiger partial charge in [0.1, 0.15) is 0 Å². The molecule has 1 saturated heterocycles. The molecule has 0 aromatic heterocycles. The molecule has 1 rings (SSSR count). The summed E-state index contributed by atoms with van der Waals surface area (Å²) in [6.45, 7) is 22.6. The third-order valence-corrected chi connectivity index (χ3v) is 16.9. The average Bonchev–Trinajstić information content (AvgIpc) is 2.57. The second-order valence-corrected chi connectivity index (χ2v) is 21.4. The first-order valence-electron chi connectivity index (χ1n) is 8.24. The summed E-state index contributed by atoms with van der Waals surface area (Å²) in [4.78, 5) is 0. The number of hydrogen-bond acceptors (Lipinski definition) is 3. The second kappa shape index (κ2) is 6.62. The standard InChI is InChI=1S/C16H36O3SeSi2/c1-15(2,3)21(7,8)18-12-11-20-14(17)13(12)19-22(9,10)16(4,5)6/h12-14,17H,11H2,1-10H3/t12-,13+,14?/m0/s1. The van der Waals surface area contributed by atoms with E-state index in [9.17, 15) is 5.11 Å². The van der Waals surface area contributed by atoms with Crippen molar-refractivity contribution in [2.24, 2.45) is 0 Å². The molecule has 3 atom stereocenters. The van der Waals surface area contributed by atoms with Crippen molar-refractivity contribution >= 4 is 31.6 Å². The Kier molecular flexibility index (Phi) is 6.28. The summed E-state index contributed by atoms with van der Waals surface area (Å²) < 4.78 is 13.1. The monoisotopic (exact) mass is 412 g/mol. The minimum atomic E-state index is -1.89. The van der Waals surface area contributed by atoms with Gasteiger partial charge in [0.05, 0.1) is 0 Å². The summed E-state index contributed by atoms with van der Waals surface area (Å²) in [5.74, 6) is 0. The first-order valence-corrected chi connectivity index (χ1v) is 16.3. The van der Waals surface area contributed by atoms with Crippen LogP contribution in [0.4, 0.5) is 0 Å². The van der Waals surface area contributed by atoms with Gasteiger partial charge in [-0.2, -0.15) is 0 Å². The Morgan fingerprint density at radius 1 is 0.864 bits per heavy atom. The molecular weight excluding hydrogens is 375 g/mol. The molecule has 0 aromatic rings. The van der Waals surface area contributed by atoms with E-state index in [1.54, 1.807) is 0 Å². The first kappa shape index (κ1) is 20.9. The van der Waals surface area contributed by atoms with Crippen LogP contribution in [0.2, 0.25) is 41.6 Å². The average molecular weight is 412 g/mol. The molecule has 0 amide bonds. The zero-order valence-electron chi connectivity index (χ0n) is 16.1. The Morgan fingerprint density at radius 2 is 1.27 bits per heavy atom. The van der Waals surface area contributed by atoms with Gasteiger partial charge in [-0.3, -0.25) is 0 Å². The fourth-order valence-corrected chi connectivity index (χ4v) is 7.24. The Bertz CT molecular complexity index is 386. The van der Waals surface area contributed by atoms with Crippen LogP contribution in [0.15, 0.2) is 0 Å². The third kappa shape index (κ3) is 4.68. The summed E-state index contributed by atoms with van der Waals surface area (Å²) in [7, 11) is -3.72. The molecule has 0 spiro atoms.